The number of hydrogen-bond donors (Lipinski definition) is 1. The molecule has 0 atom stereocenters. The van der Waals surface area contributed by atoms with Crippen LogP contribution >= 0.6 is 22.9 Å². The second-order valence-corrected chi connectivity index (χ2v) is 4.38. The highest BCUT2D eigenvalue weighted by Crippen LogP contribution is 2.32. The van der Waals surface area contributed by atoms with Crippen molar-refractivity contribution < 1.29 is 4.79 Å². The number of benzene rings is 1. The Morgan fingerprint density at radius 3 is 2.93 bits per heavy atom. The zero-order chi connectivity index (χ0) is 10.1. The Bertz CT molecular complexity index is 492. The first-order valence-electron chi connectivity index (χ1n) is 4.08. The maximum absolute atomic E-state index is 10.6. The van der Waals surface area contributed by atoms with Gasteiger partial charge in [-0.05, 0) is 18.2 Å². The van der Waals surface area contributed by atoms with Crippen molar-refractivity contribution in [1.82, 2.24) is 0 Å². The second kappa shape index (κ2) is 3.59. The number of carbonyl (C=O) groups is 1. The van der Waals surface area contributed by atoms with Gasteiger partial charge in [0.25, 0.3) is 0 Å². The van der Waals surface area contributed by atoms with Gasteiger partial charge in [-0.3, -0.25) is 4.79 Å². The Morgan fingerprint density at radius 2 is 2.29 bits per heavy atom. The summed E-state index contributed by atoms with van der Waals surface area (Å²) in [5.74, 6) is 0.481. The SMILES string of the molecule is Nc1c(C=O)ccc2sc(CCl)cc12. The van der Waals surface area contributed by atoms with Gasteiger partial charge in [0.05, 0.1) is 11.6 Å². The van der Waals surface area contributed by atoms with Crippen molar-refractivity contribution >= 4 is 45.0 Å². The fourth-order valence-corrected chi connectivity index (χ4v) is 2.54. The highest BCUT2D eigenvalue weighted by Gasteiger charge is 2.07. The first kappa shape index (κ1) is 9.49. The molecule has 2 rings (SSSR count). The van der Waals surface area contributed by atoms with Crippen molar-refractivity contribution in [3.8, 4) is 0 Å². The molecule has 0 unspecified atom stereocenters. The van der Waals surface area contributed by atoms with E-state index >= 15 is 0 Å². The molecule has 1 aromatic carbocycles. The molecule has 4 heteroatoms. The zero-order valence-electron chi connectivity index (χ0n) is 7.29. The maximum Gasteiger partial charge on any atom is 0.152 e. The summed E-state index contributed by atoms with van der Waals surface area (Å²) < 4.78 is 1.07. The molecule has 0 aliphatic rings. The van der Waals surface area contributed by atoms with E-state index in [0.29, 0.717) is 17.1 Å². The lowest BCUT2D eigenvalue weighted by Gasteiger charge is -1.98. The van der Waals surface area contributed by atoms with Crippen molar-refractivity contribution in [3.05, 3.63) is 28.6 Å². The topological polar surface area (TPSA) is 43.1 Å². The van der Waals surface area contributed by atoms with Crippen LogP contribution in [0.25, 0.3) is 10.1 Å². The third-order valence-corrected chi connectivity index (χ3v) is 3.63. The zero-order valence-corrected chi connectivity index (χ0v) is 8.86. The van der Waals surface area contributed by atoms with E-state index in [0.717, 1.165) is 21.2 Å². The lowest BCUT2D eigenvalue weighted by Crippen LogP contribution is -1.92. The van der Waals surface area contributed by atoms with Crippen LogP contribution in [-0.2, 0) is 5.88 Å². The molecule has 2 N–H and O–H groups in total. The number of alkyl halides is 1. The third-order valence-electron chi connectivity index (χ3n) is 2.09. The summed E-state index contributed by atoms with van der Waals surface area (Å²) >= 11 is 7.33. The summed E-state index contributed by atoms with van der Waals surface area (Å²) in [6.07, 6.45) is 0.771. The summed E-state index contributed by atoms with van der Waals surface area (Å²) in [6, 6.07) is 5.57. The highest BCUT2D eigenvalue weighted by atomic mass is 35.5. The molecular weight excluding hydrogens is 218 g/mol. The Labute approximate surface area is 90.3 Å². The van der Waals surface area contributed by atoms with Crippen LogP contribution in [0.2, 0.25) is 0 Å². The minimum atomic E-state index is 0.481. The van der Waals surface area contributed by atoms with Gasteiger partial charge in [0.2, 0.25) is 0 Å². The summed E-state index contributed by atoms with van der Waals surface area (Å²) in [4.78, 5) is 11.7. The van der Waals surface area contributed by atoms with Gasteiger partial charge in [-0.25, -0.2) is 0 Å². The molecule has 1 aromatic heterocycles. The molecule has 0 aliphatic carbocycles. The number of thiophene rings is 1. The van der Waals surface area contributed by atoms with E-state index in [2.05, 4.69) is 0 Å². The normalized spacial score (nSPS) is 10.6. The molecule has 2 aromatic rings. The second-order valence-electron chi connectivity index (χ2n) is 2.94. The molecule has 0 aliphatic heterocycles. The Morgan fingerprint density at radius 1 is 1.50 bits per heavy atom. The Balaban J connectivity index is 2.74. The van der Waals surface area contributed by atoms with E-state index in [1.54, 1.807) is 17.4 Å². The molecule has 0 saturated heterocycles. The van der Waals surface area contributed by atoms with E-state index in [-0.39, 0.29) is 0 Å². The molecule has 1 heterocycles. The number of halogens is 1. The predicted molar refractivity (Wildman–Crippen MR) is 61.2 cm³/mol. The van der Waals surface area contributed by atoms with Crippen LogP contribution in [0, 0.1) is 0 Å². The van der Waals surface area contributed by atoms with Crippen LogP contribution in [0.3, 0.4) is 0 Å². The molecule has 0 bridgehead atoms. The lowest BCUT2D eigenvalue weighted by molar-refractivity contribution is 0.112. The number of rotatable bonds is 2. The summed E-state index contributed by atoms with van der Waals surface area (Å²) in [5, 5.41) is 0.926. The number of nitrogens with two attached hydrogens (primary N) is 1. The first-order chi connectivity index (χ1) is 6.76. The molecule has 0 saturated carbocycles. The molecular formula is C10H8ClNOS. The van der Waals surface area contributed by atoms with E-state index in [1.165, 1.54) is 0 Å². The number of carbonyl (C=O) groups excluding carboxylic acids is 1. The van der Waals surface area contributed by atoms with Gasteiger partial charge in [-0.2, -0.15) is 0 Å². The van der Waals surface area contributed by atoms with Gasteiger partial charge in [0, 0.05) is 20.5 Å². The van der Waals surface area contributed by atoms with Gasteiger partial charge >= 0.3 is 0 Å². The summed E-state index contributed by atoms with van der Waals surface area (Å²) in [6.45, 7) is 0. The van der Waals surface area contributed by atoms with Gasteiger partial charge in [0.15, 0.2) is 6.29 Å². The predicted octanol–water partition coefficient (Wildman–Crippen LogP) is 3.03. The number of anilines is 1. The van der Waals surface area contributed by atoms with Gasteiger partial charge in [0.1, 0.15) is 0 Å². The monoisotopic (exact) mass is 225 g/mol. The van der Waals surface area contributed by atoms with E-state index in [9.17, 15) is 4.79 Å². The van der Waals surface area contributed by atoms with Crippen molar-refractivity contribution in [1.29, 1.82) is 0 Å². The first-order valence-corrected chi connectivity index (χ1v) is 5.43. The van der Waals surface area contributed by atoms with Crippen LogP contribution in [0.1, 0.15) is 15.2 Å². The quantitative estimate of drug-likeness (QED) is 0.485. The molecule has 0 amide bonds. The van der Waals surface area contributed by atoms with Crippen LogP contribution in [0.15, 0.2) is 18.2 Å². The largest absolute Gasteiger partial charge is 0.398 e. The summed E-state index contributed by atoms with van der Waals surface area (Å²) in [7, 11) is 0. The third kappa shape index (κ3) is 1.38. The van der Waals surface area contributed by atoms with Crippen molar-refractivity contribution in [2.75, 3.05) is 5.73 Å². The van der Waals surface area contributed by atoms with Gasteiger partial charge in [-0.15, -0.1) is 22.9 Å². The molecule has 0 fully saturated rings. The van der Waals surface area contributed by atoms with Crippen molar-refractivity contribution in [2.45, 2.75) is 5.88 Å². The van der Waals surface area contributed by atoms with E-state index in [1.807, 2.05) is 12.1 Å². The summed E-state index contributed by atoms with van der Waals surface area (Å²) in [5.41, 5.74) is 6.91. The molecule has 0 spiro atoms. The van der Waals surface area contributed by atoms with Crippen molar-refractivity contribution in [2.24, 2.45) is 0 Å². The van der Waals surface area contributed by atoms with Crippen LogP contribution in [0.5, 0.6) is 0 Å². The minimum Gasteiger partial charge on any atom is -0.398 e. The van der Waals surface area contributed by atoms with Crippen LogP contribution in [0.4, 0.5) is 5.69 Å². The number of nitrogen functional groups attached to an aromatic ring is 1. The average Bonchev–Trinajstić information content (AvgIpc) is 2.62. The van der Waals surface area contributed by atoms with Gasteiger partial charge in [-0.1, -0.05) is 0 Å². The maximum atomic E-state index is 10.6. The molecule has 14 heavy (non-hydrogen) atoms. The molecule has 72 valence electrons. The molecule has 2 nitrogen and oxygen atoms in total. The van der Waals surface area contributed by atoms with Crippen molar-refractivity contribution in [3.63, 3.8) is 0 Å². The standard InChI is InChI=1S/C10H8ClNOS/c11-4-7-3-8-9(14-7)2-1-6(5-13)10(8)12/h1-3,5H,4,12H2. The number of aldehydes is 1. The number of hydrogen-bond acceptors (Lipinski definition) is 3. The van der Waals surface area contributed by atoms with Crippen LogP contribution < -0.4 is 5.73 Å². The van der Waals surface area contributed by atoms with Gasteiger partial charge < -0.3 is 5.73 Å². The minimum absolute atomic E-state index is 0.481. The highest BCUT2D eigenvalue weighted by molar-refractivity contribution is 7.19. The van der Waals surface area contributed by atoms with E-state index in [4.69, 9.17) is 17.3 Å². The van der Waals surface area contributed by atoms with Crippen LogP contribution in [-0.4, -0.2) is 6.29 Å². The fourth-order valence-electron chi connectivity index (χ4n) is 1.37. The smallest absolute Gasteiger partial charge is 0.152 e. The number of fused-ring (bicyclic) bond motifs is 1. The molecule has 0 radical (unpaired) electrons. The Hall–Kier alpha value is -1.06. The Kier molecular flexibility index (Phi) is 2.44. The van der Waals surface area contributed by atoms with E-state index < -0.39 is 0 Å². The average molecular weight is 226 g/mol. The lowest BCUT2D eigenvalue weighted by atomic mass is 10.1. The fraction of sp³-hybridized carbons (Fsp3) is 0.100.